The molecular weight excluding hydrogens is 290 g/mol. The van der Waals surface area contributed by atoms with Gasteiger partial charge in [0, 0.05) is 12.0 Å². The molecule has 0 aromatic carbocycles. The van der Waals surface area contributed by atoms with Gasteiger partial charge in [0.05, 0.1) is 10.2 Å². The molecule has 1 aromatic heterocycles. The van der Waals surface area contributed by atoms with Gasteiger partial charge >= 0.3 is 0 Å². The first-order valence-electron chi connectivity index (χ1n) is 6.77. The van der Waals surface area contributed by atoms with Gasteiger partial charge in [-0.1, -0.05) is 20.8 Å². The second kappa shape index (κ2) is 5.16. The van der Waals surface area contributed by atoms with Gasteiger partial charge in [0.25, 0.3) is 0 Å². The van der Waals surface area contributed by atoms with Gasteiger partial charge in [-0.2, -0.15) is 0 Å². The van der Waals surface area contributed by atoms with Crippen LogP contribution in [0.3, 0.4) is 0 Å². The number of halogens is 1. The Balaban J connectivity index is 2.40. The number of nitrogens with zero attached hydrogens (tertiary/aromatic N) is 2. The fourth-order valence-corrected chi connectivity index (χ4v) is 2.46. The van der Waals surface area contributed by atoms with E-state index in [0.717, 1.165) is 34.8 Å². The Morgan fingerprint density at radius 1 is 1.33 bits per heavy atom. The lowest BCUT2D eigenvalue weighted by atomic mass is 10.1. The van der Waals surface area contributed by atoms with E-state index in [0.29, 0.717) is 5.92 Å². The van der Waals surface area contributed by atoms with Crippen molar-refractivity contribution in [2.75, 3.05) is 11.9 Å². The first kappa shape index (κ1) is 13.8. The minimum Gasteiger partial charge on any atom is -0.369 e. The fourth-order valence-electron chi connectivity index (χ4n) is 1.98. The van der Waals surface area contributed by atoms with Crippen molar-refractivity contribution in [3.8, 4) is 0 Å². The van der Waals surface area contributed by atoms with Gasteiger partial charge in [0.15, 0.2) is 0 Å². The predicted octanol–water partition coefficient (Wildman–Crippen LogP) is 3.92. The van der Waals surface area contributed by atoms with Crippen LogP contribution >= 0.6 is 15.9 Å². The van der Waals surface area contributed by atoms with Crippen molar-refractivity contribution in [3.63, 3.8) is 0 Å². The molecule has 1 heterocycles. The maximum atomic E-state index is 4.79. The van der Waals surface area contributed by atoms with Crippen LogP contribution < -0.4 is 5.32 Å². The van der Waals surface area contributed by atoms with Crippen molar-refractivity contribution in [2.45, 2.75) is 52.4 Å². The maximum absolute atomic E-state index is 4.79. The third-order valence-corrected chi connectivity index (χ3v) is 4.24. The molecule has 18 heavy (non-hydrogen) atoms. The maximum Gasteiger partial charge on any atom is 0.144 e. The molecule has 1 N–H and O–H groups in total. The Morgan fingerprint density at radius 3 is 2.50 bits per heavy atom. The van der Waals surface area contributed by atoms with Crippen LogP contribution in [-0.4, -0.2) is 16.5 Å². The third kappa shape index (κ3) is 2.85. The molecule has 0 radical (unpaired) electrons. The second-order valence-electron chi connectivity index (χ2n) is 5.85. The summed E-state index contributed by atoms with van der Waals surface area (Å²) in [4.78, 5) is 9.49. The summed E-state index contributed by atoms with van der Waals surface area (Å²) in [5.74, 6) is 2.56. The van der Waals surface area contributed by atoms with Gasteiger partial charge in [0.2, 0.25) is 0 Å². The average molecular weight is 312 g/mol. The molecule has 2 rings (SSSR count). The zero-order valence-corrected chi connectivity index (χ0v) is 13.3. The Hall–Kier alpha value is -0.640. The lowest BCUT2D eigenvalue weighted by Gasteiger charge is -2.16. The van der Waals surface area contributed by atoms with Crippen molar-refractivity contribution in [3.05, 3.63) is 16.0 Å². The quantitative estimate of drug-likeness (QED) is 0.895. The highest BCUT2D eigenvalue weighted by Gasteiger charge is 2.42. The van der Waals surface area contributed by atoms with Gasteiger partial charge in [-0.3, -0.25) is 0 Å². The normalized spacial score (nSPS) is 17.0. The molecule has 1 aliphatic rings. The van der Waals surface area contributed by atoms with Crippen LogP contribution in [0.15, 0.2) is 4.47 Å². The number of rotatable bonds is 5. The molecule has 1 saturated carbocycles. The molecule has 0 amide bonds. The van der Waals surface area contributed by atoms with Gasteiger partial charge in [-0.15, -0.1) is 0 Å². The van der Waals surface area contributed by atoms with Crippen LogP contribution in [0, 0.1) is 5.92 Å². The first-order valence-corrected chi connectivity index (χ1v) is 7.56. The topological polar surface area (TPSA) is 37.8 Å². The van der Waals surface area contributed by atoms with Gasteiger partial charge in [-0.25, -0.2) is 9.97 Å². The van der Waals surface area contributed by atoms with Gasteiger partial charge in [-0.05, 0) is 48.0 Å². The summed E-state index contributed by atoms with van der Waals surface area (Å²) < 4.78 is 1.03. The molecular formula is C14H22BrN3. The zero-order chi connectivity index (χ0) is 13.3. The largest absolute Gasteiger partial charge is 0.369 e. The zero-order valence-electron chi connectivity index (χ0n) is 11.7. The van der Waals surface area contributed by atoms with E-state index in [2.05, 4.69) is 48.9 Å². The van der Waals surface area contributed by atoms with Crippen LogP contribution in [0.2, 0.25) is 0 Å². The Kier molecular flexibility index (Phi) is 3.95. The van der Waals surface area contributed by atoms with Gasteiger partial charge in [0.1, 0.15) is 11.6 Å². The highest BCUT2D eigenvalue weighted by Crippen LogP contribution is 2.46. The lowest BCUT2D eigenvalue weighted by Crippen LogP contribution is -2.14. The molecule has 0 aliphatic heterocycles. The number of nitrogens with one attached hydrogen (secondary N) is 1. The van der Waals surface area contributed by atoms with E-state index >= 15 is 0 Å². The summed E-state index contributed by atoms with van der Waals surface area (Å²) in [5.41, 5.74) is 1.36. The Labute approximate surface area is 118 Å². The van der Waals surface area contributed by atoms with Crippen LogP contribution in [-0.2, 0) is 11.8 Å². The minimum absolute atomic E-state index is 0.219. The van der Waals surface area contributed by atoms with Crippen molar-refractivity contribution < 1.29 is 0 Å². The van der Waals surface area contributed by atoms with E-state index in [9.17, 15) is 0 Å². The van der Waals surface area contributed by atoms with Crippen LogP contribution in [0.25, 0.3) is 0 Å². The molecule has 1 fully saturated rings. The van der Waals surface area contributed by atoms with Crippen LogP contribution in [0.1, 0.15) is 52.1 Å². The highest BCUT2D eigenvalue weighted by molar-refractivity contribution is 9.10. The molecule has 1 aliphatic carbocycles. The molecule has 0 unspecified atom stereocenters. The molecule has 0 atom stereocenters. The van der Waals surface area contributed by atoms with E-state index in [-0.39, 0.29) is 5.41 Å². The summed E-state index contributed by atoms with van der Waals surface area (Å²) in [6.45, 7) is 9.67. The van der Waals surface area contributed by atoms with Crippen molar-refractivity contribution >= 4 is 21.7 Å². The van der Waals surface area contributed by atoms with Crippen molar-refractivity contribution in [1.29, 1.82) is 0 Å². The van der Waals surface area contributed by atoms with Crippen LogP contribution in [0.5, 0.6) is 0 Å². The molecule has 100 valence electrons. The standard InChI is InChI=1S/C14H22BrN3/c1-5-16-12-11(15)10(8-9(2)3)17-13(18-12)14(4)6-7-14/h9H,5-8H2,1-4H3,(H,16,17,18). The molecule has 4 heteroatoms. The van der Waals surface area contributed by atoms with E-state index in [1.165, 1.54) is 12.8 Å². The van der Waals surface area contributed by atoms with E-state index in [1.807, 2.05) is 0 Å². The van der Waals surface area contributed by atoms with E-state index in [1.54, 1.807) is 0 Å². The summed E-state index contributed by atoms with van der Waals surface area (Å²) in [6.07, 6.45) is 3.41. The fraction of sp³-hybridized carbons (Fsp3) is 0.714. The van der Waals surface area contributed by atoms with Crippen molar-refractivity contribution in [1.82, 2.24) is 9.97 Å². The van der Waals surface area contributed by atoms with E-state index < -0.39 is 0 Å². The minimum atomic E-state index is 0.219. The average Bonchev–Trinajstić information content (AvgIpc) is 3.03. The highest BCUT2D eigenvalue weighted by atomic mass is 79.9. The second-order valence-corrected chi connectivity index (χ2v) is 6.64. The summed E-state index contributed by atoms with van der Waals surface area (Å²) in [6, 6.07) is 0. The third-order valence-electron chi connectivity index (χ3n) is 3.41. The molecule has 0 saturated heterocycles. The first-order chi connectivity index (χ1) is 8.46. The summed E-state index contributed by atoms with van der Waals surface area (Å²) in [7, 11) is 0. The molecule has 0 spiro atoms. The van der Waals surface area contributed by atoms with Crippen molar-refractivity contribution in [2.24, 2.45) is 5.92 Å². The Bertz CT molecular complexity index is 439. The van der Waals surface area contributed by atoms with Gasteiger partial charge < -0.3 is 5.32 Å². The number of hydrogen-bond acceptors (Lipinski definition) is 3. The molecule has 0 bridgehead atoms. The molecule has 3 nitrogen and oxygen atoms in total. The Morgan fingerprint density at radius 2 is 2.00 bits per heavy atom. The monoisotopic (exact) mass is 311 g/mol. The number of aromatic nitrogens is 2. The number of hydrogen-bond donors (Lipinski definition) is 1. The number of anilines is 1. The summed E-state index contributed by atoms with van der Waals surface area (Å²) >= 11 is 3.64. The SMILES string of the molecule is CCNc1nc(C2(C)CC2)nc(CC(C)C)c1Br. The summed E-state index contributed by atoms with van der Waals surface area (Å²) in [5, 5.41) is 3.33. The van der Waals surface area contributed by atoms with E-state index in [4.69, 9.17) is 9.97 Å². The smallest absolute Gasteiger partial charge is 0.144 e. The molecule has 1 aromatic rings. The predicted molar refractivity (Wildman–Crippen MR) is 79.0 cm³/mol. The van der Waals surface area contributed by atoms with Crippen LogP contribution in [0.4, 0.5) is 5.82 Å². The lowest BCUT2D eigenvalue weighted by molar-refractivity contribution is 0.616.